The minimum atomic E-state index is -0.173. The maximum atomic E-state index is 8.80. The van der Waals surface area contributed by atoms with Crippen molar-refractivity contribution in [2.24, 2.45) is 0 Å². The van der Waals surface area contributed by atoms with Crippen LogP contribution in [0.2, 0.25) is 0 Å². The second-order valence-corrected chi connectivity index (χ2v) is 4.25. The second-order valence-electron chi connectivity index (χ2n) is 4.25. The highest BCUT2D eigenvalue weighted by molar-refractivity contribution is 5.50. The van der Waals surface area contributed by atoms with Crippen molar-refractivity contribution in [3.05, 3.63) is 23.8 Å². The summed E-state index contributed by atoms with van der Waals surface area (Å²) in [6.45, 7) is 1.30. The molecule has 102 valence electrons. The summed E-state index contributed by atoms with van der Waals surface area (Å²) in [5, 5.41) is 8.80. The number of aliphatic hydroxyl groups is 1. The zero-order chi connectivity index (χ0) is 13.5. The zero-order valence-corrected chi connectivity index (χ0v) is 11.0. The topological polar surface area (TPSA) is 47.9 Å². The van der Waals surface area contributed by atoms with Gasteiger partial charge in [-0.2, -0.15) is 0 Å². The third-order valence-electron chi connectivity index (χ3n) is 2.95. The Morgan fingerprint density at radius 2 is 2.16 bits per heavy atom. The highest BCUT2D eigenvalue weighted by atomic mass is 16.5. The molecule has 0 bridgehead atoms. The van der Waals surface area contributed by atoms with E-state index in [2.05, 4.69) is 11.8 Å². The van der Waals surface area contributed by atoms with Gasteiger partial charge >= 0.3 is 0 Å². The lowest BCUT2D eigenvalue weighted by atomic mass is 10.1. The van der Waals surface area contributed by atoms with E-state index in [-0.39, 0.29) is 12.7 Å². The largest absolute Gasteiger partial charge is 0.497 e. The molecule has 1 aliphatic rings. The molecule has 2 rings (SSSR count). The van der Waals surface area contributed by atoms with Gasteiger partial charge in [-0.05, 0) is 18.2 Å². The Hall–Kier alpha value is -1.70. The van der Waals surface area contributed by atoms with Crippen molar-refractivity contribution in [2.75, 3.05) is 26.9 Å². The van der Waals surface area contributed by atoms with Gasteiger partial charge in [-0.1, -0.05) is 11.8 Å². The van der Waals surface area contributed by atoms with Crippen LogP contribution >= 0.6 is 0 Å². The Labute approximate surface area is 113 Å². The molecule has 1 heterocycles. The molecule has 1 saturated heterocycles. The molecule has 1 aliphatic heterocycles. The number of aliphatic hydroxyl groups excluding tert-OH is 1. The van der Waals surface area contributed by atoms with E-state index in [1.807, 2.05) is 18.2 Å². The van der Waals surface area contributed by atoms with Crippen LogP contribution in [0, 0.1) is 11.8 Å². The van der Waals surface area contributed by atoms with Crippen molar-refractivity contribution in [2.45, 2.75) is 18.9 Å². The summed E-state index contributed by atoms with van der Waals surface area (Å²) < 4.78 is 16.4. The van der Waals surface area contributed by atoms with Crippen LogP contribution < -0.4 is 9.47 Å². The fourth-order valence-corrected chi connectivity index (χ4v) is 1.94. The lowest BCUT2D eigenvalue weighted by molar-refractivity contribution is 0.0254. The van der Waals surface area contributed by atoms with E-state index in [9.17, 15) is 0 Å². The minimum Gasteiger partial charge on any atom is -0.497 e. The molecule has 0 spiro atoms. The first-order valence-electron chi connectivity index (χ1n) is 6.35. The van der Waals surface area contributed by atoms with Gasteiger partial charge in [-0.3, -0.25) is 0 Å². The van der Waals surface area contributed by atoms with Crippen molar-refractivity contribution in [1.82, 2.24) is 0 Å². The van der Waals surface area contributed by atoms with Crippen molar-refractivity contribution in [3.63, 3.8) is 0 Å². The summed E-state index contributed by atoms with van der Waals surface area (Å²) in [5.41, 5.74) is 0.736. The molecule has 19 heavy (non-hydrogen) atoms. The van der Waals surface area contributed by atoms with Crippen LogP contribution in [-0.4, -0.2) is 38.1 Å². The molecule has 4 nitrogen and oxygen atoms in total. The van der Waals surface area contributed by atoms with Crippen LogP contribution in [0.5, 0.6) is 11.5 Å². The number of ether oxygens (including phenoxy) is 3. The Morgan fingerprint density at radius 1 is 1.37 bits per heavy atom. The van der Waals surface area contributed by atoms with Crippen molar-refractivity contribution in [1.29, 1.82) is 0 Å². The number of methoxy groups -OCH3 is 1. The van der Waals surface area contributed by atoms with E-state index < -0.39 is 0 Å². The van der Waals surface area contributed by atoms with Gasteiger partial charge in [-0.15, -0.1) is 0 Å². The fraction of sp³-hybridized carbons (Fsp3) is 0.467. The summed E-state index contributed by atoms with van der Waals surface area (Å²) in [6.07, 6.45) is 1.94. The molecule has 4 heteroatoms. The number of rotatable bonds is 3. The first-order chi connectivity index (χ1) is 9.33. The van der Waals surface area contributed by atoms with E-state index in [1.165, 1.54) is 0 Å². The zero-order valence-electron chi connectivity index (χ0n) is 11.0. The van der Waals surface area contributed by atoms with Gasteiger partial charge < -0.3 is 19.3 Å². The Morgan fingerprint density at radius 3 is 2.84 bits per heavy atom. The van der Waals surface area contributed by atoms with Crippen molar-refractivity contribution in [3.8, 4) is 23.3 Å². The van der Waals surface area contributed by atoms with Gasteiger partial charge in [0.1, 0.15) is 24.2 Å². The highest BCUT2D eigenvalue weighted by Gasteiger charge is 2.16. The molecule has 0 aromatic heterocycles. The molecule has 1 fully saturated rings. The second kappa shape index (κ2) is 7.03. The molecule has 0 aliphatic carbocycles. The molecular formula is C15H18O4. The highest BCUT2D eigenvalue weighted by Crippen LogP contribution is 2.26. The predicted molar refractivity (Wildman–Crippen MR) is 71.4 cm³/mol. The molecule has 0 saturated carbocycles. The molecule has 0 unspecified atom stereocenters. The van der Waals surface area contributed by atoms with E-state index >= 15 is 0 Å². The van der Waals surface area contributed by atoms with Gasteiger partial charge in [0.25, 0.3) is 0 Å². The fourth-order valence-electron chi connectivity index (χ4n) is 1.94. The Bertz CT molecular complexity index is 467. The average Bonchev–Trinajstić information content (AvgIpc) is 2.47. The Kier molecular flexibility index (Phi) is 5.08. The molecule has 1 aromatic rings. The monoisotopic (exact) mass is 262 g/mol. The molecule has 0 amide bonds. The van der Waals surface area contributed by atoms with E-state index in [1.54, 1.807) is 7.11 Å². The maximum Gasteiger partial charge on any atom is 0.135 e. The third kappa shape index (κ3) is 3.88. The lowest BCUT2D eigenvalue weighted by Gasteiger charge is -2.24. The van der Waals surface area contributed by atoms with Crippen molar-refractivity contribution < 1.29 is 19.3 Å². The van der Waals surface area contributed by atoms with Gasteiger partial charge in [0, 0.05) is 12.8 Å². The molecule has 0 radical (unpaired) electrons. The predicted octanol–water partition coefficient (Wildman–Crippen LogP) is 1.60. The first kappa shape index (κ1) is 13.7. The molecular weight excluding hydrogens is 244 g/mol. The number of hydrogen-bond donors (Lipinski definition) is 1. The minimum absolute atomic E-state index is 0.164. The van der Waals surface area contributed by atoms with Crippen LogP contribution in [0.4, 0.5) is 0 Å². The number of benzene rings is 1. The summed E-state index contributed by atoms with van der Waals surface area (Å²) >= 11 is 0. The summed E-state index contributed by atoms with van der Waals surface area (Å²) in [7, 11) is 1.61. The Balaban J connectivity index is 2.17. The first-order valence-corrected chi connectivity index (χ1v) is 6.35. The molecule has 1 aromatic carbocycles. The van der Waals surface area contributed by atoms with Crippen LogP contribution in [0.1, 0.15) is 18.4 Å². The standard InChI is InChI=1S/C15H18O4/c1-17-14-4-5-15(12(11-14)3-2-8-16)19-13-6-9-18-10-7-13/h4-5,11,13,16H,6-10H2,1H3. The van der Waals surface area contributed by atoms with Gasteiger partial charge in [-0.25, -0.2) is 0 Å². The molecule has 1 N–H and O–H groups in total. The lowest BCUT2D eigenvalue weighted by Crippen LogP contribution is -2.26. The van der Waals surface area contributed by atoms with Gasteiger partial charge in [0.05, 0.1) is 25.9 Å². The smallest absolute Gasteiger partial charge is 0.135 e. The van der Waals surface area contributed by atoms with E-state index in [0.29, 0.717) is 0 Å². The normalized spacial score (nSPS) is 15.5. The van der Waals surface area contributed by atoms with Crippen LogP contribution in [0.25, 0.3) is 0 Å². The average molecular weight is 262 g/mol. The summed E-state index contributed by atoms with van der Waals surface area (Å²) in [6, 6.07) is 5.52. The van der Waals surface area contributed by atoms with Gasteiger partial charge in [0.2, 0.25) is 0 Å². The van der Waals surface area contributed by atoms with Gasteiger partial charge in [0.15, 0.2) is 0 Å². The SMILES string of the molecule is COc1ccc(OC2CCOCC2)c(C#CCO)c1. The summed E-state index contributed by atoms with van der Waals surface area (Å²) in [5.74, 6) is 6.98. The van der Waals surface area contributed by atoms with Crippen LogP contribution in [0.15, 0.2) is 18.2 Å². The maximum absolute atomic E-state index is 8.80. The number of hydrogen-bond acceptors (Lipinski definition) is 4. The summed E-state index contributed by atoms with van der Waals surface area (Å²) in [4.78, 5) is 0. The van der Waals surface area contributed by atoms with E-state index in [4.69, 9.17) is 19.3 Å². The van der Waals surface area contributed by atoms with Crippen LogP contribution in [0.3, 0.4) is 0 Å². The third-order valence-corrected chi connectivity index (χ3v) is 2.95. The van der Waals surface area contributed by atoms with Crippen LogP contribution in [-0.2, 0) is 4.74 Å². The molecule has 0 atom stereocenters. The van der Waals surface area contributed by atoms with E-state index in [0.717, 1.165) is 43.1 Å². The van der Waals surface area contributed by atoms with Crippen molar-refractivity contribution >= 4 is 0 Å². The quantitative estimate of drug-likeness (QED) is 0.841.